The minimum absolute atomic E-state index is 0.0662. The first-order valence-corrected chi connectivity index (χ1v) is 15.9. The third-order valence-electron chi connectivity index (χ3n) is 9.17. The van der Waals surface area contributed by atoms with Gasteiger partial charge in [0.15, 0.2) is 5.82 Å². The zero-order valence-corrected chi connectivity index (χ0v) is 26.9. The van der Waals surface area contributed by atoms with E-state index in [0.29, 0.717) is 23.8 Å². The Morgan fingerprint density at radius 3 is 2.60 bits per heavy atom. The number of hydrogen-bond donors (Lipinski definition) is 1. The van der Waals surface area contributed by atoms with Gasteiger partial charge in [0.05, 0.1) is 30.4 Å². The lowest BCUT2D eigenvalue weighted by atomic mass is 10.1. The molecule has 2 amide bonds. The van der Waals surface area contributed by atoms with Crippen molar-refractivity contribution < 1.29 is 19.1 Å². The number of hydrogen-bond acceptors (Lipinski definition) is 5. The number of carbonyl (C=O) groups is 2. The van der Waals surface area contributed by atoms with Crippen LogP contribution in [0.2, 0.25) is 0 Å². The van der Waals surface area contributed by atoms with Crippen molar-refractivity contribution in [3.8, 4) is 17.3 Å². The first-order valence-electron chi connectivity index (χ1n) is 15.1. The second kappa shape index (κ2) is 10.3. The summed E-state index contributed by atoms with van der Waals surface area (Å²) in [7, 11) is 3.64. The van der Waals surface area contributed by atoms with E-state index in [1.165, 1.54) is 23.7 Å². The summed E-state index contributed by atoms with van der Waals surface area (Å²) < 4.78 is 16.9. The molecular weight excluding hydrogens is 610 g/mol. The van der Waals surface area contributed by atoms with E-state index in [2.05, 4.69) is 54.6 Å². The number of carbonyl (C=O) groups excluding carboxylic acids is 2. The molecule has 1 N–H and O–H groups in total. The second-order valence-electron chi connectivity index (χ2n) is 13.4. The number of likely N-dealkylation sites (tertiary alicyclic amines) is 1. The van der Waals surface area contributed by atoms with Crippen LogP contribution in [0.5, 0.6) is 5.75 Å². The maximum atomic E-state index is 14.0. The highest BCUT2D eigenvalue weighted by Gasteiger charge is 2.50. The standard InChI is InChI=1S/C33H38BrN5O4/c1-33(2,3)43-32(41)36-28-20-9-11-24(28)39(17-20)31(40)21-12-23-29(27(14-21)42-5)37(4)30(35-23)26-13-19-8-10-22(34)15-25(19)38(26)16-18-6-7-18/h8,10,12-15,18,20,24,28H,6-7,9,11,16-17H2,1-5H3,(H,36,41)/t20-,24+,28?/m1/s1. The Morgan fingerprint density at radius 2 is 1.88 bits per heavy atom. The number of halogens is 1. The zero-order valence-electron chi connectivity index (χ0n) is 25.3. The normalized spacial score (nSPS) is 21.6. The Morgan fingerprint density at radius 1 is 1.09 bits per heavy atom. The molecule has 9 nitrogen and oxygen atoms in total. The van der Waals surface area contributed by atoms with Crippen LogP contribution >= 0.6 is 15.9 Å². The van der Waals surface area contributed by atoms with Crippen molar-refractivity contribution in [2.45, 2.75) is 70.7 Å². The van der Waals surface area contributed by atoms with Gasteiger partial charge in [0, 0.05) is 41.1 Å². The molecule has 2 bridgehead atoms. The van der Waals surface area contributed by atoms with Crippen LogP contribution in [0.4, 0.5) is 4.79 Å². The van der Waals surface area contributed by atoms with Gasteiger partial charge < -0.3 is 28.8 Å². The summed E-state index contributed by atoms with van der Waals surface area (Å²) in [6, 6.07) is 12.1. The van der Waals surface area contributed by atoms with E-state index in [4.69, 9.17) is 14.5 Å². The Balaban J connectivity index is 1.23. The summed E-state index contributed by atoms with van der Waals surface area (Å²) in [5.74, 6) is 2.28. The number of aryl methyl sites for hydroxylation is 1. The zero-order chi connectivity index (χ0) is 30.2. The van der Waals surface area contributed by atoms with Crippen molar-refractivity contribution in [1.29, 1.82) is 0 Å². The first-order chi connectivity index (χ1) is 20.5. The Bertz CT molecular complexity index is 1760. The van der Waals surface area contributed by atoms with Crippen molar-refractivity contribution >= 4 is 49.9 Å². The van der Waals surface area contributed by atoms with E-state index in [1.54, 1.807) is 7.11 Å². The fraction of sp³-hybridized carbons (Fsp3) is 0.485. The predicted octanol–water partition coefficient (Wildman–Crippen LogP) is 6.50. The Labute approximate surface area is 259 Å². The van der Waals surface area contributed by atoms with E-state index in [9.17, 15) is 9.59 Å². The summed E-state index contributed by atoms with van der Waals surface area (Å²) in [6.45, 7) is 7.11. The highest BCUT2D eigenvalue weighted by molar-refractivity contribution is 9.10. The number of aromatic nitrogens is 3. The Hall–Kier alpha value is -3.53. The smallest absolute Gasteiger partial charge is 0.407 e. The van der Waals surface area contributed by atoms with E-state index >= 15 is 0 Å². The minimum atomic E-state index is -0.576. The molecule has 3 heterocycles. The molecule has 3 aliphatic rings. The van der Waals surface area contributed by atoms with Crippen LogP contribution in [0.25, 0.3) is 33.5 Å². The van der Waals surface area contributed by atoms with Crippen molar-refractivity contribution in [1.82, 2.24) is 24.3 Å². The van der Waals surface area contributed by atoms with E-state index < -0.39 is 11.7 Å². The summed E-state index contributed by atoms with van der Waals surface area (Å²) in [4.78, 5) is 33.6. The molecule has 2 saturated carbocycles. The predicted molar refractivity (Wildman–Crippen MR) is 169 cm³/mol. The van der Waals surface area contributed by atoms with Gasteiger partial charge >= 0.3 is 6.09 Å². The molecule has 0 spiro atoms. The minimum Gasteiger partial charge on any atom is -0.494 e. The van der Waals surface area contributed by atoms with Gasteiger partial charge in [-0.2, -0.15) is 0 Å². The number of imidazole rings is 1. The van der Waals surface area contributed by atoms with Crippen molar-refractivity contribution in [2.75, 3.05) is 13.7 Å². The van der Waals surface area contributed by atoms with Crippen LogP contribution in [0.1, 0.15) is 56.8 Å². The molecule has 1 aliphatic heterocycles. The number of methoxy groups -OCH3 is 1. The number of benzene rings is 2. The van der Waals surface area contributed by atoms with Crippen LogP contribution in [-0.4, -0.2) is 62.4 Å². The van der Waals surface area contributed by atoms with Crippen molar-refractivity contribution in [2.24, 2.45) is 18.9 Å². The van der Waals surface area contributed by atoms with Gasteiger partial charge in [-0.1, -0.05) is 22.0 Å². The third kappa shape index (κ3) is 5.07. The largest absolute Gasteiger partial charge is 0.494 e. The molecule has 4 aromatic rings. The number of ether oxygens (including phenoxy) is 2. The number of amides is 2. The molecule has 3 atom stereocenters. The number of rotatable bonds is 6. The molecule has 7 rings (SSSR count). The second-order valence-corrected chi connectivity index (χ2v) is 14.3. The summed E-state index contributed by atoms with van der Waals surface area (Å²) in [6.07, 6.45) is 3.90. The van der Waals surface area contributed by atoms with Gasteiger partial charge in [0.2, 0.25) is 0 Å². The number of nitrogens with zero attached hydrogens (tertiary/aromatic N) is 4. The lowest BCUT2D eigenvalue weighted by Crippen LogP contribution is -2.46. The molecule has 2 aromatic carbocycles. The average Bonchev–Trinajstić information content (AvgIpc) is 3.31. The van der Waals surface area contributed by atoms with Gasteiger partial charge in [-0.25, -0.2) is 9.78 Å². The lowest BCUT2D eigenvalue weighted by Gasteiger charge is -2.28. The van der Waals surface area contributed by atoms with Gasteiger partial charge in [-0.15, -0.1) is 0 Å². The molecule has 3 fully saturated rings. The van der Waals surface area contributed by atoms with E-state index in [0.717, 1.165) is 46.4 Å². The van der Waals surface area contributed by atoms with Gasteiger partial charge in [0.25, 0.3) is 5.91 Å². The van der Waals surface area contributed by atoms with Crippen molar-refractivity contribution in [3.63, 3.8) is 0 Å². The van der Waals surface area contributed by atoms with Crippen molar-refractivity contribution in [3.05, 3.63) is 46.4 Å². The topological polar surface area (TPSA) is 90.6 Å². The SMILES string of the molecule is COc1cc(C(=O)N2C[C@H]3CC[C@H]2C3NC(=O)OC(C)(C)C)cc2nc(-c3cc4ccc(Br)cc4n3CC3CC3)n(C)c12. The maximum absolute atomic E-state index is 14.0. The van der Waals surface area contributed by atoms with E-state index in [1.807, 2.05) is 44.9 Å². The monoisotopic (exact) mass is 647 g/mol. The average molecular weight is 649 g/mol. The Kier molecular flexibility index (Phi) is 6.76. The molecule has 10 heteroatoms. The third-order valence-corrected chi connectivity index (χ3v) is 9.66. The van der Waals surface area contributed by atoms with Crippen LogP contribution in [-0.2, 0) is 18.3 Å². The lowest BCUT2D eigenvalue weighted by molar-refractivity contribution is 0.0485. The van der Waals surface area contributed by atoms with Gasteiger partial charge in [-0.05, 0) is 88.6 Å². The maximum Gasteiger partial charge on any atom is 0.407 e. The summed E-state index contributed by atoms with van der Waals surface area (Å²) in [5.41, 5.74) is 3.78. The highest BCUT2D eigenvalue weighted by atomic mass is 79.9. The van der Waals surface area contributed by atoms with Crippen LogP contribution in [0.15, 0.2) is 40.9 Å². The molecule has 2 aromatic heterocycles. The molecular formula is C33H38BrN5O4. The highest BCUT2D eigenvalue weighted by Crippen LogP contribution is 2.41. The number of piperidine rings is 1. The molecule has 2 aliphatic carbocycles. The summed E-state index contributed by atoms with van der Waals surface area (Å²) >= 11 is 3.65. The molecule has 43 heavy (non-hydrogen) atoms. The fourth-order valence-corrected chi connectivity index (χ4v) is 7.39. The van der Waals surface area contributed by atoms with Crippen LogP contribution in [0.3, 0.4) is 0 Å². The van der Waals surface area contributed by atoms with Crippen LogP contribution < -0.4 is 10.1 Å². The van der Waals surface area contributed by atoms with Crippen LogP contribution in [0, 0.1) is 11.8 Å². The fourth-order valence-electron chi connectivity index (χ4n) is 7.04. The van der Waals surface area contributed by atoms with Gasteiger partial charge in [0.1, 0.15) is 16.9 Å². The van der Waals surface area contributed by atoms with Gasteiger partial charge in [-0.3, -0.25) is 4.79 Å². The first kappa shape index (κ1) is 28.3. The molecule has 0 radical (unpaired) electrons. The van der Waals surface area contributed by atoms with E-state index in [-0.39, 0.29) is 23.9 Å². The summed E-state index contributed by atoms with van der Waals surface area (Å²) in [5, 5.41) is 4.23. The molecule has 1 unspecified atom stereocenters. The molecule has 226 valence electrons. The number of fused-ring (bicyclic) bond motifs is 4. The quantitative estimate of drug-likeness (QED) is 0.258. The number of nitrogens with one attached hydrogen (secondary N) is 1. The number of alkyl carbamates (subject to hydrolysis) is 1. The molecule has 1 saturated heterocycles.